The third-order valence-corrected chi connectivity index (χ3v) is 6.15. The van der Waals surface area contributed by atoms with Gasteiger partial charge in [-0.2, -0.15) is 0 Å². The van der Waals surface area contributed by atoms with Crippen LogP contribution in [-0.4, -0.2) is 39.3 Å². The van der Waals surface area contributed by atoms with Crippen molar-refractivity contribution in [2.45, 2.75) is 4.90 Å². The highest BCUT2D eigenvalue weighted by atomic mass is 32.2. The van der Waals surface area contributed by atoms with Crippen LogP contribution in [0.15, 0.2) is 47.4 Å². The van der Waals surface area contributed by atoms with Crippen LogP contribution >= 0.6 is 11.3 Å². The summed E-state index contributed by atoms with van der Waals surface area (Å²) in [6.45, 7) is 0. The molecule has 0 spiro atoms. The molecule has 1 amide bonds. The number of aromatic nitrogens is 1. The Kier molecular flexibility index (Phi) is 5.10. The van der Waals surface area contributed by atoms with Gasteiger partial charge < -0.3 is 14.8 Å². The average Bonchev–Trinajstić information content (AvgIpc) is 3.02. The lowest BCUT2D eigenvalue weighted by atomic mass is 10.3. The van der Waals surface area contributed by atoms with E-state index >= 15 is 0 Å². The molecule has 1 N–H and O–H groups in total. The standard InChI is InChI=1S/C17H16N2O5S2/c1-23-11-3-6-13(7-4-11)26(21,22)10-16(20)19-17-18-14-8-5-12(24-2)9-15(14)25-17/h3-9H,10H2,1-2H3,(H,18,19,20). The fourth-order valence-corrected chi connectivity index (χ4v) is 4.32. The van der Waals surface area contributed by atoms with Gasteiger partial charge in [-0.25, -0.2) is 13.4 Å². The lowest BCUT2D eigenvalue weighted by Gasteiger charge is -2.05. The summed E-state index contributed by atoms with van der Waals surface area (Å²) in [5.74, 6) is -0.0928. The molecule has 0 aliphatic carbocycles. The first-order chi connectivity index (χ1) is 12.4. The summed E-state index contributed by atoms with van der Waals surface area (Å²) < 4.78 is 35.7. The SMILES string of the molecule is COc1ccc(S(=O)(=O)CC(=O)Nc2nc3ccc(OC)cc3s2)cc1. The summed E-state index contributed by atoms with van der Waals surface area (Å²) in [7, 11) is -0.701. The molecule has 1 heterocycles. The number of nitrogens with zero attached hydrogens (tertiary/aromatic N) is 1. The quantitative estimate of drug-likeness (QED) is 0.693. The largest absolute Gasteiger partial charge is 0.497 e. The van der Waals surface area contributed by atoms with Crippen molar-refractivity contribution in [2.75, 3.05) is 25.3 Å². The highest BCUT2D eigenvalue weighted by molar-refractivity contribution is 7.92. The molecular formula is C17H16N2O5S2. The van der Waals surface area contributed by atoms with Crippen LogP contribution in [0.1, 0.15) is 0 Å². The summed E-state index contributed by atoms with van der Waals surface area (Å²) in [4.78, 5) is 16.5. The van der Waals surface area contributed by atoms with Crippen LogP contribution in [0, 0.1) is 0 Å². The van der Waals surface area contributed by atoms with Crippen molar-refractivity contribution in [2.24, 2.45) is 0 Å². The molecule has 0 saturated heterocycles. The van der Waals surface area contributed by atoms with Crippen LogP contribution in [0.5, 0.6) is 11.5 Å². The Balaban J connectivity index is 1.73. The Labute approximate surface area is 154 Å². The van der Waals surface area contributed by atoms with E-state index in [1.165, 1.54) is 42.7 Å². The van der Waals surface area contributed by atoms with Crippen LogP contribution in [0.3, 0.4) is 0 Å². The number of carbonyl (C=O) groups excluding carboxylic acids is 1. The van der Waals surface area contributed by atoms with Gasteiger partial charge in [0.1, 0.15) is 17.3 Å². The van der Waals surface area contributed by atoms with Gasteiger partial charge in [-0.05, 0) is 42.5 Å². The first-order valence-corrected chi connectivity index (χ1v) is 9.99. The summed E-state index contributed by atoms with van der Waals surface area (Å²) in [6.07, 6.45) is 0. The van der Waals surface area contributed by atoms with E-state index in [9.17, 15) is 13.2 Å². The van der Waals surface area contributed by atoms with E-state index in [4.69, 9.17) is 9.47 Å². The molecule has 136 valence electrons. The van der Waals surface area contributed by atoms with Crippen LogP contribution in [0.2, 0.25) is 0 Å². The number of hydrogen-bond acceptors (Lipinski definition) is 7. The van der Waals surface area contributed by atoms with Gasteiger partial charge in [-0.3, -0.25) is 4.79 Å². The van der Waals surface area contributed by atoms with Crippen LogP contribution in [0.4, 0.5) is 5.13 Å². The Bertz CT molecular complexity index is 1040. The first-order valence-electron chi connectivity index (χ1n) is 7.52. The lowest BCUT2D eigenvalue weighted by Crippen LogP contribution is -2.22. The Morgan fingerprint density at radius 3 is 2.38 bits per heavy atom. The van der Waals surface area contributed by atoms with Gasteiger partial charge in [0.2, 0.25) is 5.91 Å². The Morgan fingerprint density at radius 1 is 1.08 bits per heavy atom. The molecule has 2 aromatic carbocycles. The van der Waals surface area contributed by atoms with Crippen molar-refractivity contribution in [1.82, 2.24) is 4.98 Å². The lowest BCUT2D eigenvalue weighted by molar-refractivity contribution is -0.113. The van der Waals surface area contributed by atoms with Crippen molar-refractivity contribution in [3.8, 4) is 11.5 Å². The van der Waals surface area contributed by atoms with Crippen molar-refractivity contribution in [1.29, 1.82) is 0 Å². The van der Waals surface area contributed by atoms with E-state index in [1.54, 1.807) is 25.3 Å². The summed E-state index contributed by atoms with van der Waals surface area (Å²) in [5, 5.41) is 2.88. The van der Waals surface area contributed by atoms with Crippen molar-refractivity contribution in [3.63, 3.8) is 0 Å². The Hall–Kier alpha value is -2.65. The third-order valence-electron chi connectivity index (χ3n) is 3.58. The molecule has 0 aliphatic heterocycles. The molecular weight excluding hydrogens is 376 g/mol. The van der Waals surface area contributed by atoms with Gasteiger partial charge >= 0.3 is 0 Å². The molecule has 0 aliphatic rings. The number of rotatable bonds is 6. The molecule has 3 rings (SSSR count). The van der Waals surface area contributed by atoms with Gasteiger partial charge in [-0.1, -0.05) is 11.3 Å². The second kappa shape index (κ2) is 7.30. The second-order valence-electron chi connectivity index (χ2n) is 5.34. The maximum Gasteiger partial charge on any atom is 0.241 e. The minimum atomic E-state index is -3.76. The molecule has 0 fully saturated rings. The number of amides is 1. The number of benzene rings is 2. The maximum absolute atomic E-state index is 12.4. The Morgan fingerprint density at radius 2 is 1.73 bits per heavy atom. The molecule has 0 atom stereocenters. The predicted molar refractivity (Wildman–Crippen MR) is 99.8 cm³/mol. The zero-order valence-electron chi connectivity index (χ0n) is 14.1. The molecule has 0 radical (unpaired) electrons. The maximum atomic E-state index is 12.4. The fourth-order valence-electron chi connectivity index (χ4n) is 2.28. The monoisotopic (exact) mass is 392 g/mol. The third kappa shape index (κ3) is 3.94. The molecule has 7 nitrogen and oxygen atoms in total. The first kappa shape index (κ1) is 18.2. The summed E-state index contributed by atoms with van der Waals surface area (Å²) in [6, 6.07) is 11.2. The van der Waals surface area contributed by atoms with E-state index < -0.39 is 21.5 Å². The van der Waals surface area contributed by atoms with E-state index in [0.717, 1.165) is 4.70 Å². The molecule has 0 unspecified atom stereocenters. The van der Waals surface area contributed by atoms with E-state index in [2.05, 4.69) is 10.3 Å². The van der Waals surface area contributed by atoms with Crippen LogP contribution < -0.4 is 14.8 Å². The van der Waals surface area contributed by atoms with Gasteiger partial charge in [0.15, 0.2) is 15.0 Å². The molecule has 1 aromatic heterocycles. The van der Waals surface area contributed by atoms with Crippen molar-refractivity contribution < 1.29 is 22.7 Å². The number of hydrogen-bond donors (Lipinski definition) is 1. The van der Waals surface area contributed by atoms with E-state index in [0.29, 0.717) is 22.1 Å². The van der Waals surface area contributed by atoms with Crippen molar-refractivity contribution in [3.05, 3.63) is 42.5 Å². The molecule has 0 bridgehead atoms. The smallest absolute Gasteiger partial charge is 0.241 e. The number of ether oxygens (including phenoxy) is 2. The zero-order chi connectivity index (χ0) is 18.7. The number of thiazole rings is 1. The van der Waals surface area contributed by atoms with Crippen LogP contribution in [-0.2, 0) is 14.6 Å². The molecule has 0 saturated carbocycles. The van der Waals surface area contributed by atoms with Crippen molar-refractivity contribution >= 4 is 42.4 Å². The predicted octanol–water partition coefficient (Wildman–Crippen LogP) is 2.73. The number of nitrogens with one attached hydrogen (secondary N) is 1. The minimum Gasteiger partial charge on any atom is -0.497 e. The number of methoxy groups -OCH3 is 2. The van der Waals surface area contributed by atoms with Gasteiger partial charge in [0.25, 0.3) is 0 Å². The second-order valence-corrected chi connectivity index (χ2v) is 8.36. The number of carbonyl (C=O) groups is 1. The molecule has 3 aromatic rings. The summed E-state index contributed by atoms with van der Waals surface area (Å²) >= 11 is 1.25. The highest BCUT2D eigenvalue weighted by Gasteiger charge is 2.20. The summed E-state index contributed by atoms with van der Waals surface area (Å²) in [5.41, 5.74) is 0.698. The van der Waals surface area contributed by atoms with Gasteiger partial charge in [0.05, 0.1) is 29.3 Å². The fraction of sp³-hybridized carbons (Fsp3) is 0.176. The van der Waals surface area contributed by atoms with Gasteiger partial charge in [-0.15, -0.1) is 0 Å². The topological polar surface area (TPSA) is 94.6 Å². The normalized spacial score (nSPS) is 11.3. The van der Waals surface area contributed by atoms with E-state index in [1.807, 2.05) is 0 Å². The molecule has 26 heavy (non-hydrogen) atoms. The number of sulfone groups is 1. The zero-order valence-corrected chi connectivity index (χ0v) is 15.7. The minimum absolute atomic E-state index is 0.0579. The number of fused-ring (bicyclic) bond motifs is 1. The van der Waals surface area contributed by atoms with Gasteiger partial charge in [0, 0.05) is 0 Å². The van der Waals surface area contributed by atoms with Crippen LogP contribution in [0.25, 0.3) is 10.2 Å². The van der Waals surface area contributed by atoms with E-state index in [-0.39, 0.29) is 4.90 Å². The average molecular weight is 392 g/mol. The molecule has 9 heteroatoms. The number of anilines is 1. The highest BCUT2D eigenvalue weighted by Crippen LogP contribution is 2.29.